The lowest BCUT2D eigenvalue weighted by Gasteiger charge is -2.28. The van der Waals surface area contributed by atoms with Crippen LogP contribution in [0.25, 0.3) is 0 Å². The van der Waals surface area contributed by atoms with Crippen LogP contribution in [0.2, 0.25) is 5.02 Å². The van der Waals surface area contributed by atoms with Crippen LogP contribution in [0.4, 0.5) is 8.78 Å². The van der Waals surface area contributed by atoms with Gasteiger partial charge in [-0.05, 0) is 72.7 Å². The zero-order valence-electron chi connectivity index (χ0n) is 27.7. The summed E-state index contributed by atoms with van der Waals surface area (Å²) in [5.41, 5.74) is 9.02. The Morgan fingerprint density at radius 2 is 1.54 bits per heavy atom. The van der Waals surface area contributed by atoms with Crippen LogP contribution in [-0.2, 0) is 38.8 Å². The van der Waals surface area contributed by atoms with E-state index < -0.39 is 62.5 Å². The average molecular weight is 706 g/mol. The van der Waals surface area contributed by atoms with E-state index >= 15 is 0 Å². The van der Waals surface area contributed by atoms with E-state index in [-0.39, 0.29) is 29.1 Å². The van der Waals surface area contributed by atoms with Crippen molar-refractivity contribution >= 4 is 33.3 Å². The predicted octanol–water partition coefficient (Wildman–Crippen LogP) is 5.93. The lowest BCUT2D eigenvalue weighted by Crippen LogP contribution is -2.52. The highest BCUT2D eigenvalue weighted by molar-refractivity contribution is 7.92. The molecule has 0 heterocycles. The quantitative estimate of drug-likeness (QED) is 0.132. The van der Waals surface area contributed by atoms with Crippen molar-refractivity contribution in [1.29, 1.82) is 0 Å². The molecule has 0 saturated carbocycles. The van der Waals surface area contributed by atoms with E-state index in [4.69, 9.17) is 22.1 Å². The molecule has 4 N–H and O–H groups in total. The maximum absolute atomic E-state index is 14.0. The largest absolute Gasteiger partial charge is 0.458 e. The minimum Gasteiger partial charge on any atom is -0.458 e. The number of carbonyl (C=O) groups is 2. The van der Waals surface area contributed by atoms with Crippen molar-refractivity contribution < 1.29 is 31.5 Å². The highest BCUT2D eigenvalue weighted by Gasteiger charge is 2.35. The number of nitrogens with one attached hydrogen (secondary N) is 2. The standard InChI is InChI=1S/C36H46ClF2N3O5S/c1-4-9-31(10-5-2)48(45,46)23-33(42-35(43)27-13-8-14-28(37)19-27)36(44)47-34(22-41-21-25-12-7-11-24(6-3)15-25)32(40)18-26-16-29(38)20-30(39)17-26/h7-8,11-17,19-20,31-34,41H,4-6,9-10,18,21-23,40H2,1-3H3,(H,42,43)/t32-,33-,34+/m0/s1. The second-order valence-corrected chi connectivity index (χ2v) is 14.8. The summed E-state index contributed by atoms with van der Waals surface area (Å²) >= 11 is 6.07. The maximum Gasteiger partial charge on any atom is 0.330 e. The summed E-state index contributed by atoms with van der Waals surface area (Å²) in [6, 6.07) is 14.5. The molecule has 0 aliphatic rings. The molecule has 3 atom stereocenters. The zero-order valence-corrected chi connectivity index (χ0v) is 29.3. The molecule has 3 rings (SSSR count). The Hall–Kier alpha value is -3.38. The first-order valence-electron chi connectivity index (χ1n) is 16.3. The number of ether oxygens (including phenoxy) is 1. The van der Waals surface area contributed by atoms with E-state index in [2.05, 4.69) is 10.6 Å². The van der Waals surface area contributed by atoms with Crippen LogP contribution in [0.3, 0.4) is 0 Å². The molecular weight excluding hydrogens is 660 g/mol. The van der Waals surface area contributed by atoms with E-state index in [1.54, 1.807) is 12.1 Å². The molecule has 8 nitrogen and oxygen atoms in total. The monoisotopic (exact) mass is 705 g/mol. The van der Waals surface area contributed by atoms with Gasteiger partial charge >= 0.3 is 5.97 Å². The van der Waals surface area contributed by atoms with Gasteiger partial charge in [-0.1, -0.05) is 75.5 Å². The van der Waals surface area contributed by atoms with Gasteiger partial charge in [0.25, 0.3) is 5.91 Å². The fraction of sp³-hybridized carbons (Fsp3) is 0.444. The van der Waals surface area contributed by atoms with Crippen molar-refractivity contribution in [2.45, 2.75) is 89.3 Å². The van der Waals surface area contributed by atoms with Crippen molar-refractivity contribution in [3.63, 3.8) is 0 Å². The summed E-state index contributed by atoms with van der Waals surface area (Å²) in [7, 11) is -3.87. The summed E-state index contributed by atoms with van der Waals surface area (Å²) in [6.45, 7) is 6.25. The summed E-state index contributed by atoms with van der Waals surface area (Å²) < 4.78 is 61.1. The van der Waals surface area contributed by atoms with Crippen molar-refractivity contribution in [3.8, 4) is 0 Å². The Morgan fingerprint density at radius 3 is 2.17 bits per heavy atom. The molecular formula is C36H46ClF2N3O5S. The number of rotatable bonds is 19. The molecule has 0 aliphatic carbocycles. The van der Waals surface area contributed by atoms with Gasteiger partial charge in [0.2, 0.25) is 0 Å². The number of hydrogen-bond donors (Lipinski definition) is 3. The first-order valence-corrected chi connectivity index (χ1v) is 18.4. The van der Waals surface area contributed by atoms with Crippen molar-refractivity contribution in [1.82, 2.24) is 10.6 Å². The summed E-state index contributed by atoms with van der Waals surface area (Å²) in [5, 5.41) is 5.37. The molecule has 262 valence electrons. The fourth-order valence-corrected chi connectivity index (χ4v) is 7.85. The van der Waals surface area contributed by atoms with E-state index in [9.17, 15) is 26.8 Å². The zero-order chi connectivity index (χ0) is 35.3. The lowest BCUT2D eigenvalue weighted by molar-refractivity contribution is -0.151. The minimum atomic E-state index is -3.87. The highest BCUT2D eigenvalue weighted by atomic mass is 35.5. The molecule has 0 bridgehead atoms. The third-order valence-corrected chi connectivity index (χ3v) is 10.5. The van der Waals surface area contributed by atoms with Gasteiger partial charge in [-0.3, -0.25) is 4.79 Å². The number of sulfone groups is 1. The molecule has 0 unspecified atom stereocenters. The number of benzene rings is 3. The Kier molecular flexibility index (Phi) is 15.4. The number of halogens is 3. The van der Waals surface area contributed by atoms with E-state index in [1.807, 2.05) is 45.0 Å². The third-order valence-electron chi connectivity index (χ3n) is 8.02. The van der Waals surface area contributed by atoms with Gasteiger partial charge < -0.3 is 21.1 Å². The molecule has 0 radical (unpaired) electrons. The number of esters is 1. The summed E-state index contributed by atoms with van der Waals surface area (Å²) in [4.78, 5) is 27.1. The Balaban J connectivity index is 1.90. The highest BCUT2D eigenvalue weighted by Crippen LogP contribution is 2.19. The Bertz CT molecular complexity index is 1600. The molecule has 3 aromatic rings. The minimum absolute atomic E-state index is 0.0388. The fourth-order valence-electron chi connectivity index (χ4n) is 5.52. The van der Waals surface area contributed by atoms with Crippen LogP contribution in [0.1, 0.15) is 73.5 Å². The number of aryl methyl sites for hydroxylation is 1. The maximum atomic E-state index is 14.0. The van der Waals surface area contributed by atoms with Gasteiger partial charge in [-0.15, -0.1) is 0 Å². The second-order valence-electron chi connectivity index (χ2n) is 12.0. The van der Waals surface area contributed by atoms with E-state index in [0.29, 0.717) is 32.2 Å². The van der Waals surface area contributed by atoms with Gasteiger partial charge in [-0.2, -0.15) is 0 Å². The van der Waals surface area contributed by atoms with E-state index in [1.165, 1.54) is 12.1 Å². The number of amides is 1. The smallest absolute Gasteiger partial charge is 0.330 e. The van der Waals surface area contributed by atoms with Crippen LogP contribution < -0.4 is 16.4 Å². The number of nitrogens with two attached hydrogens (primary N) is 1. The topological polar surface area (TPSA) is 128 Å². The SMILES string of the molecule is CCCC(CCC)S(=O)(=O)C[C@H](NC(=O)c1cccc(Cl)c1)C(=O)O[C@H](CNCc1cccc(CC)c1)[C@@H](N)Cc1cc(F)cc(F)c1. The normalized spacial score (nSPS) is 13.6. The van der Waals surface area contributed by atoms with Crippen molar-refractivity contribution in [2.24, 2.45) is 5.73 Å². The van der Waals surface area contributed by atoms with E-state index in [0.717, 1.165) is 35.7 Å². The molecule has 12 heteroatoms. The second kappa shape index (κ2) is 19.0. The average Bonchev–Trinajstić information content (AvgIpc) is 3.03. The first kappa shape index (κ1) is 39.1. The molecule has 3 aromatic carbocycles. The molecule has 0 fully saturated rings. The third kappa shape index (κ3) is 12.3. The molecule has 0 aromatic heterocycles. The summed E-state index contributed by atoms with van der Waals surface area (Å²) in [6.07, 6.45) is 1.80. The van der Waals surface area contributed by atoms with Gasteiger partial charge in [0, 0.05) is 35.8 Å². The number of hydrogen-bond acceptors (Lipinski definition) is 7. The van der Waals surface area contributed by atoms with Crippen LogP contribution in [0, 0.1) is 11.6 Å². The lowest BCUT2D eigenvalue weighted by atomic mass is 10.0. The van der Waals surface area contributed by atoms with Crippen LogP contribution in [0.15, 0.2) is 66.7 Å². The molecule has 0 saturated heterocycles. The van der Waals surface area contributed by atoms with Crippen LogP contribution in [0.5, 0.6) is 0 Å². The Morgan fingerprint density at radius 1 is 0.896 bits per heavy atom. The first-order chi connectivity index (χ1) is 22.8. The van der Waals surface area contributed by atoms with Gasteiger partial charge in [-0.25, -0.2) is 22.0 Å². The molecule has 0 aliphatic heterocycles. The summed E-state index contributed by atoms with van der Waals surface area (Å²) in [5.74, 6) is -3.94. The molecule has 48 heavy (non-hydrogen) atoms. The van der Waals surface area contributed by atoms with Gasteiger partial charge in [0.1, 0.15) is 23.8 Å². The van der Waals surface area contributed by atoms with Crippen LogP contribution >= 0.6 is 11.6 Å². The predicted molar refractivity (Wildman–Crippen MR) is 186 cm³/mol. The molecule has 0 spiro atoms. The van der Waals surface area contributed by atoms with Crippen molar-refractivity contribution in [2.75, 3.05) is 12.3 Å². The van der Waals surface area contributed by atoms with Gasteiger partial charge in [0.15, 0.2) is 9.84 Å². The Labute approximate surface area is 287 Å². The van der Waals surface area contributed by atoms with Crippen molar-refractivity contribution in [3.05, 3.63) is 106 Å². The van der Waals surface area contributed by atoms with Crippen LogP contribution in [-0.4, -0.2) is 56.0 Å². The van der Waals surface area contributed by atoms with Gasteiger partial charge in [0.05, 0.1) is 11.0 Å². The number of carbonyl (C=O) groups excluding carboxylic acids is 2. The molecule has 1 amide bonds.